The molecule has 4 rings (SSSR count). The molecule has 2 aliphatic rings. The van der Waals surface area contributed by atoms with E-state index in [1.807, 2.05) is 0 Å². The molecule has 1 fully saturated rings. The zero-order valence-electron chi connectivity index (χ0n) is 14.8. The van der Waals surface area contributed by atoms with Crippen molar-refractivity contribution in [2.24, 2.45) is 0 Å². The van der Waals surface area contributed by atoms with Crippen LogP contribution in [0, 0.1) is 6.92 Å². The molecule has 2 aromatic rings. The summed E-state index contributed by atoms with van der Waals surface area (Å²) >= 11 is 0. The van der Waals surface area contributed by atoms with E-state index in [0.29, 0.717) is 10.6 Å². The maximum Gasteiger partial charge on any atom is 0.330 e. The smallest absolute Gasteiger partial charge is 0.330 e. The Hall–Kier alpha value is -3.08. The molecule has 0 radical (unpaired) electrons. The third-order valence-corrected chi connectivity index (χ3v) is 4.78. The molecule has 2 N–H and O–H groups in total. The molecule has 3 heterocycles. The Morgan fingerprint density at radius 2 is 1.82 bits per heavy atom. The second-order valence-electron chi connectivity index (χ2n) is 6.66. The van der Waals surface area contributed by atoms with E-state index in [4.69, 9.17) is 9.57 Å². The Labute approximate surface area is 157 Å². The van der Waals surface area contributed by atoms with Crippen molar-refractivity contribution in [3.8, 4) is 0 Å². The molecule has 1 aromatic heterocycles. The normalized spacial score (nSPS) is 24.1. The van der Waals surface area contributed by atoms with E-state index < -0.39 is 41.5 Å². The molecule has 146 valence electrons. The summed E-state index contributed by atoms with van der Waals surface area (Å²) in [7, 11) is 0. The van der Waals surface area contributed by atoms with Crippen LogP contribution in [-0.2, 0) is 9.57 Å². The van der Waals surface area contributed by atoms with Gasteiger partial charge < -0.3 is 9.84 Å². The molecule has 0 aliphatic carbocycles. The first-order valence-corrected chi connectivity index (χ1v) is 8.63. The topological polar surface area (TPSA) is 131 Å². The van der Waals surface area contributed by atoms with Crippen LogP contribution in [0.3, 0.4) is 0 Å². The van der Waals surface area contributed by atoms with Crippen LogP contribution in [0.4, 0.5) is 0 Å². The quantitative estimate of drug-likeness (QED) is 0.690. The van der Waals surface area contributed by atoms with Crippen LogP contribution in [-0.4, -0.2) is 50.3 Å². The summed E-state index contributed by atoms with van der Waals surface area (Å²) in [6, 6.07) is 6.35. The summed E-state index contributed by atoms with van der Waals surface area (Å²) in [4.78, 5) is 55.6. The molecular weight excluding hydrogens is 370 g/mol. The summed E-state index contributed by atoms with van der Waals surface area (Å²) in [6.07, 6.45) is -1.23. The molecule has 10 heteroatoms. The number of hydrogen-bond donors (Lipinski definition) is 2. The molecule has 0 spiro atoms. The lowest BCUT2D eigenvalue weighted by Crippen LogP contribution is -2.36. The Morgan fingerprint density at radius 1 is 1.18 bits per heavy atom. The predicted octanol–water partition coefficient (Wildman–Crippen LogP) is -0.279. The van der Waals surface area contributed by atoms with Gasteiger partial charge in [-0.15, -0.1) is 5.06 Å². The Bertz CT molecular complexity index is 1040. The summed E-state index contributed by atoms with van der Waals surface area (Å²) < 4.78 is 6.84. The third-order valence-electron chi connectivity index (χ3n) is 4.78. The van der Waals surface area contributed by atoms with E-state index in [9.17, 15) is 24.3 Å². The van der Waals surface area contributed by atoms with Crippen molar-refractivity contribution < 1.29 is 24.3 Å². The number of hydrogen-bond acceptors (Lipinski definition) is 7. The average Bonchev–Trinajstić information content (AvgIpc) is 3.15. The van der Waals surface area contributed by atoms with Gasteiger partial charge in [0, 0.05) is 18.2 Å². The minimum Gasteiger partial charge on any atom is -0.390 e. The van der Waals surface area contributed by atoms with Gasteiger partial charge in [-0.1, -0.05) is 12.1 Å². The van der Waals surface area contributed by atoms with E-state index in [0.717, 1.165) is 0 Å². The molecule has 1 aromatic carbocycles. The fraction of sp³-hybridized carbons (Fsp3) is 0.333. The largest absolute Gasteiger partial charge is 0.390 e. The Morgan fingerprint density at radius 3 is 2.46 bits per heavy atom. The monoisotopic (exact) mass is 387 g/mol. The van der Waals surface area contributed by atoms with Gasteiger partial charge in [0.05, 0.1) is 17.2 Å². The van der Waals surface area contributed by atoms with Gasteiger partial charge in [-0.25, -0.2) is 4.79 Å². The molecule has 1 saturated heterocycles. The van der Waals surface area contributed by atoms with Crippen molar-refractivity contribution >= 4 is 11.8 Å². The highest BCUT2D eigenvalue weighted by Gasteiger charge is 2.40. The van der Waals surface area contributed by atoms with Gasteiger partial charge in [0.15, 0.2) is 0 Å². The number of fused-ring (bicyclic) bond motifs is 1. The number of imide groups is 1. The number of aromatic amines is 1. The standard InChI is InChI=1S/C18H17N3O7/c1-9-7-20(18(26)19-15(9)23)14-6-12(22)13(28-14)8-27-21-16(24)10-4-2-3-5-11(10)17(21)25/h2-5,7,12-14,22H,6,8H2,1H3,(H,19,23,26). The summed E-state index contributed by atoms with van der Waals surface area (Å²) in [5, 5.41) is 10.9. The number of aliphatic hydroxyl groups excluding tert-OH is 1. The van der Waals surface area contributed by atoms with Crippen LogP contribution < -0.4 is 11.2 Å². The fourth-order valence-electron chi connectivity index (χ4n) is 3.27. The van der Waals surface area contributed by atoms with E-state index in [-0.39, 0.29) is 24.2 Å². The first kappa shape index (κ1) is 18.3. The highest BCUT2D eigenvalue weighted by molar-refractivity contribution is 6.20. The number of H-pyrrole nitrogens is 1. The number of nitrogens with zero attached hydrogens (tertiary/aromatic N) is 2. The highest BCUT2D eigenvalue weighted by atomic mass is 16.7. The Balaban J connectivity index is 1.45. The van der Waals surface area contributed by atoms with Gasteiger partial charge in [-0.2, -0.15) is 0 Å². The van der Waals surface area contributed by atoms with Gasteiger partial charge in [-0.3, -0.25) is 28.8 Å². The third kappa shape index (κ3) is 2.97. The average molecular weight is 387 g/mol. The lowest BCUT2D eigenvalue weighted by Gasteiger charge is -2.19. The van der Waals surface area contributed by atoms with E-state index in [1.165, 1.54) is 22.9 Å². The van der Waals surface area contributed by atoms with Crippen LogP contribution in [0.2, 0.25) is 0 Å². The van der Waals surface area contributed by atoms with Crippen LogP contribution in [0.15, 0.2) is 40.1 Å². The zero-order valence-corrected chi connectivity index (χ0v) is 14.8. The minimum atomic E-state index is -0.987. The molecule has 2 amide bonds. The maximum atomic E-state index is 12.3. The van der Waals surface area contributed by atoms with Crippen LogP contribution in [0.5, 0.6) is 0 Å². The van der Waals surface area contributed by atoms with Crippen molar-refractivity contribution in [2.45, 2.75) is 31.8 Å². The minimum absolute atomic E-state index is 0.0849. The molecule has 0 bridgehead atoms. The van der Waals surface area contributed by atoms with Crippen molar-refractivity contribution in [3.63, 3.8) is 0 Å². The summed E-state index contributed by atoms with van der Waals surface area (Å²) in [5.41, 5.74) is -0.342. The SMILES string of the molecule is Cc1cn(C2CC(O)C(CON3C(=O)c4ccccc4C3=O)O2)c(=O)[nH]c1=O. The zero-order chi connectivity index (χ0) is 20.0. The van der Waals surface area contributed by atoms with Crippen LogP contribution in [0.25, 0.3) is 0 Å². The fourth-order valence-corrected chi connectivity index (χ4v) is 3.27. The second-order valence-corrected chi connectivity index (χ2v) is 6.66. The molecule has 0 saturated carbocycles. The summed E-state index contributed by atoms with van der Waals surface area (Å²) in [5.74, 6) is -1.17. The molecule has 3 unspecified atom stereocenters. The molecular formula is C18H17N3O7. The molecule has 28 heavy (non-hydrogen) atoms. The summed E-state index contributed by atoms with van der Waals surface area (Å²) in [6.45, 7) is 1.28. The van der Waals surface area contributed by atoms with Crippen molar-refractivity contribution in [1.82, 2.24) is 14.6 Å². The van der Waals surface area contributed by atoms with Gasteiger partial charge in [0.2, 0.25) is 0 Å². The second kappa shape index (κ2) is 6.82. The number of benzene rings is 1. The van der Waals surface area contributed by atoms with Gasteiger partial charge in [-0.05, 0) is 19.1 Å². The van der Waals surface area contributed by atoms with Crippen LogP contribution >= 0.6 is 0 Å². The highest BCUT2D eigenvalue weighted by Crippen LogP contribution is 2.29. The Kier molecular flexibility index (Phi) is 4.46. The van der Waals surface area contributed by atoms with E-state index in [2.05, 4.69) is 4.98 Å². The number of amides is 2. The number of nitrogens with one attached hydrogen (secondary N) is 1. The van der Waals surface area contributed by atoms with Gasteiger partial charge >= 0.3 is 5.69 Å². The predicted molar refractivity (Wildman–Crippen MR) is 93.5 cm³/mol. The first-order chi connectivity index (χ1) is 13.4. The van der Waals surface area contributed by atoms with Gasteiger partial charge in [0.25, 0.3) is 17.4 Å². The number of carbonyl (C=O) groups is 2. The van der Waals surface area contributed by atoms with Crippen molar-refractivity contribution in [3.05, 3.63) is 68.0 Å². The molecule has 3 atom stereocenters. The number of aliphatic hydroxyl groups is 1. The number of aryl methyl sites for hydroxylation is 1. The van der Waals surface area contributed by atoms with E-state index >= 15 is 0 Å². The number of aromatic nitrogens is 2. The lowest BCUT2D eigenvalue weighted by atomic mass is 10.1. The number of rotatable bonds is 4. The molecule has 2 aliphatic heterocycles. The molecule has 10 nitrogen and oxygen atoms in total. The van der Waals surface area contributed by atoms with Crippen LogP contribution in [0.1, 0.15) is 38.9 Å². The lowest BCUT2D eigenvalue weighted by molar-refractivity contribution is -0.141. The van der Waals surface area contributed by atoms with Crippen molar-refractivity contribution in [2.75, 3.05) is 6.61 Å². The maximum absolute atomic E-state index is 12.3. The number of ether oxygens (including phenoxy) is 1. The first-order valence-electron chi connectivity index (χ1n) is 8.63. The number of carbonyl (C=O) groups excluding carboxylic acids is 2. The van der Waals surface area contributed by atoms with Gasteiger partial charge in [0.1, 0.15) is 18.9 Å². The van der Waals surface area contributed by atoms with Crippen molar-refractivity contribution in [1.29, 1.82) is 0 Å². The van der Waals surface area contributed by atoms with E-state index in [1.54, 1.807) is 19.1 Å². The number of hydroxylamine groups is 2.